The Morgan fingerprint density at radius 1 is 0.957 bits per heavy atom. The number of nitrogens with one attached hydrogen (secondary N) is 2. The quantitative estimate of drug-likeness (QED) is 0.612. The highest BCUT2D eigenvalue weighted by Crippen LogP contribution is 2.43. The van der Waals surface area contributed by atoms with Crippen LogP contribution in [0.15, 0.2) is 0 Å². The van der Waals surface area contributed by atoms with Crippen molar-refractivity contribution in [2.24, 2.45) is 29.6 Å². The molecule has 0 aromatic rings. The maximum absolute atomic E-state index is 11.8. The van der Waals surface area contributed by atoms with Gasteiger partial charge in [-0.1, -0.05) is 34.6 Å². The van der Waals surface area contributed by atoms with Crippen molar-refractivity contribution in [2.75, 3.05) is 13.1 Å². The normalized spacial score (nSPS) is 21.3. The summed E-state index contributed by atoms with van der Waals surface area (Å²) in [5.41, 5.74) is 0. The van der Waals surface area contributed by atoms with Crippen LogP contribution in [0.25, 0.3) is 0 Å². The van der Waals surface area contributed by atoms with E-state index < -0.39 is 0 Å². The van der Waals surface area contributed by atoms with Crippen LogP contribution in [0.2, 0.25) is 0 Å². The maximum atomic E-state index is 11.8. The van der Waals surface area contributed by atoms with E-state index in [2.05, 4.69) is 45.3 Å². The molecular weight excluding hydrogens is 288 g/mol. The van der Waals surface area contributed by atoms with Crippen molar-refractivity contribution in [3.63, 3.8) is 0 Å². The molecule has 1 aliphatic rings. The summed E-state index contributed by atoms with van der Waals surface area (Å²) in [4.78, 5) is 23.5. The van der Waals surface area contributed by atoms with Crippen LogP contribution in [0, 0.1) is 29.6 Å². The standard InChI is InChI=1S/C19H36N2O2/c1-13(2)6-7-18(22)21-12-17-10-16(17)8-15(5)9-19(23)20-11-14(3)4/h13-17H,6-12H2,1-5H3,(H,20,23)(H,21,22). The molecule has 134 valence electrons. The van der Waals surface area contributed by atoms with E-state index in [1.807, 2.05) is 0 Å². The Labute approximate surface area is 142 Å². The van der Waals surface area contributed by atoms with Gasteiger partial charge >= 0.3 is 0 Å². The second kappa shape index (κ2) is 9.94. The molecule has 2 amide bonds. The number of carbonyl (C=O) groups is 2. The highest BCUT2D eigenvalue weighted by Gasteiger charge is 2.37. The lowest BCUT2D eigenvalue weighted by molar-refractivity contribution is -0.122. The van der Waals surface area contributed by atoms with Gasteiger partial charge in [-0.05, 0) is 48.9 Å². The van der Waals surface area contributed by atoms with Crippen molar-refractivity contribution in [2.45, 2.75) is 66.7 Å². The molecule has 4 heteroatoms. The van der Waals surface area contributed by atoms with E-state index in [0.717, 1.165) is 25.9 Å². The molecule has 1 rings (SSSR count). The molecule has 0 radical (unpaired) electrons. The van der Waals surface area contributed by atoms with Gasteiger partial charge in [0, 0.05) is 25.9 Å². The highest BCUT2D eigenvalue weighted by molar-refractivity contribution is 5.76. The highest BCUT2D eigenvalue weighted by atomic mass is 16.2. The minimum atomic E-state index is 0.172. The molecule has 0 aliphatic heterocycles. The summed E-state index contributed by atoms with van der Waals surface area (Å²) >= 11 is 0. The maximum Gasteiger partial charge on any atom is 0.220 e. The Morgan fingerprint density at radius 2 is 1.65 bits per heavy atom. The van der Waals surface area contributed by atoms with Crippen LogP contribution in [0.3, 0.4) is 0 Å². The van der Waals surface area contributed by atoms with Gasteiger partial charge in [0.2, 0.25) is 11.8 Å². The van der Waals surface area contributed by atoms with Crippen molar-refractivity contribution in [3.8, 4) is 0 Å². The van der Waals surface area contributed by atoms with E-state index in [-0.39, 0.29) is 11.8 Å². The zero-order chi connectivity index (χ0) is 17.4. The molecule has 0 aromatic carbocycles. The van der Waals surface area contributed by atoms with Gasteiger partial charge in [0.15, 0.2) is 0 Å². The van der Waals surface area contributed by atoms with E-state index in [9.17, 15) is 9.59 Å². The van der Waals surface area contributed by atoms with Crippen LogP contribution in [0.4, 0.5) is 0 Å². The molecule has 1 saturated carbocycles. The van der Waals surface area contributed by atoms with Crippen LogP contribution < -0.4 is 10.6 Å². The van der Waals surface area contributed by atoms with E-state index in [0.29, 0.717) is 42.4 Å². The van der Waals surface area contributed by atoms with Crippen LogP contribution in [-0.2, 0) is 9.59 Å². The zero-order valence-corrected chi connectivity index (χ0v) is 15.7. The first-order chi connectivity index (χ1) is 10.8. The molecule has 4 nitrogen and oxygen atoms in total. The van der Waals surface area contributed by atoms with Gasteiger partial charge in [-0.25, -0.2) is 0 Å². The van der Waals surface area contributed by atoms with Gasteiger partial charge in [0.05, 0.1) is 0 Å². The third-order valence-electron chi connectivity index (χ3n) is 4.53. The number of rotatable bonds is 11. The summed E-state index contributed by atoms with van der Waals surface area (Å²) in [6, 6.07) is 0. The molecule has 2 N–H and O–H groups in total. The molecular formula is C19H36N2O2. The SMILES string of the molecule is CC(C)CCC(=O)NCC1CC1CC(C)CC(=O)NCC(C)C. The lowest BCUT2D eigenvalue weighted by Gasteiger charge is -2.13. The summed E-state index contributed by atoms with van der Waals surface area (Å²) in [5, 5.41) is 6.04. The smallest absolute Gasteiger partial charge is 0.220 e. The van der Waals surface area contributed by atoms with E-state index in [1.165, 1.54) is 6.42 Å². The van der Waals surface area contributed by atoms with Crippen molar-refractivity contribution in [1.29, 1.82) is 0 Å². The van der Waals surface area contributed by atoms with Crippen molar-refractivity contribution >= 4 is 11.8 Å². The Morgan fingerprint density at radius 3 is 2.26 bits per heavy atom. The first-order valence-electron chi connectivity index (χ1n) is 9.31. The van der Waals surface area contributed by atoms with Gasteiger partial charge in [-0.15, -0.1) is 0 Å². The van der Waals surface area contributed by atoms with Crippen molar-refractivity contribution < 1.29 is 9.59 Å². The molecule has 0 aromatic heterocycles. The largest absolute Gasteiger partial charge is 0.356 e. The molecule has 0 saturated heterocycles. The lowest BCUT2D eigenvalue weighted by Crippen LogP contribution is -2.28. The Kier molecular flexibility index (Phi) is 8.64. The number of hydrogen-bond donors (Lipinski definition) is 2. The van der Waals surface area contributed by atoms with Gasteiger partial charge < -0.3 is 10.6 Å². The van der Waals surface area contributed by atoms with Crippen LogP contribution in [0.5, 0.6) is 0 Å². The molecule has 3 atom stereocenters. The summed E-state index contributed by atoms with van der Waals surface area (Å²) in [7, 11) is 0. The van der Waals surface area contributed by atoms with Gasteiger partial charge in [0.25, 0.3) is 0 Å². The number of hydrogen-bond acceptors (Lipinski definition) is 2. The predicted molar refractivity (Wildman–Crippen MR) is 94.9 cm³/mol. The van der Waals surface area contributed by atoms with Crippen LogP contribution in [-0.4, -0.2) is 24.9 Å². The predicted octanol–water partition coefficient (Wildman–Crippen LogP) is 3.36. The first kappa shape index (κ1) is 20.0. The third kappa shape index (κ3) is 9.62. The summed E-state index contributed by atoms with van der Waals surface area (Å²) in [5.74, 6) is 3.18. The third-order valence-corrected chi connectivity index (χ3v) is 4.53. The van der Waals surface area contributed by atoms with E-state index in [1.54, 1.807) is 0 Å². The van der Waals surface area contributed by atoms with Gasteiger partial charge in [-0.2, -0.15) is 0 Å². The summed E-state index contributed by atoms with van der Waals surface area (Å²) in [6.07, 6.45) is 4.52. The zero-order valence-electron chi connectivity index (χ0n) is 15.7. The molecule has 0 spiro atoms. The molecule has 0 heterocycles. The average Bonchev–Trinajstić information content (AvgIpc) is 3.18. The summed E-state index contributed by atoms with van der Waals surface area (Å²) in [6.45, 7) is 12.2. The fourth-order valence-electron chi connectivity index (χ4n) is 2.91. The van der Waals surface area contributed by atoms with Crippen LogP contribution in [0.1, 0.15) is 66.7 Å². The van der Waals surface area contributed by atoms with Crippen LogP contribution >= 0.6 is 0 Å². The lowest BCUT2D eigenvalue weighted by atomic mass is 9.99. The summed E-state index contributed by atoms with van der Waals surface area (Å²) < 4.78 is 0. The fraction of sp³-hybridized carbons (Fsp3) is 0.895. The minimum Gasteiger partial charge on any atom is -0.356 e. The van der Waals surface area contributed by atoms with E-state index in [4.69, 9.17) is 0 Å². The number of carbonyl (C=O) groups excluding carboxylic acids is 2. The Bertz CT molecular complexity index is 380. The molecule has 23 heavy (non-hydrogen) atoms. The monoisotopic (exact) mass is 324 g/mol. The van der Waals surface area contributed by atoms with Crippen molar-refractivity contribution in [1.82, 2.24) is 10.6 Å². The number of amides is 2. The molecule has 3 unspecified atom stereocenters. The molecule has 1 fully saturated rings. The van der Waals surface area contributed by atoms with Gasteiger partial charge in [0.1, 0.15) is 0 Å². The molecule has 1 aliphatic carbocycles. The first-order valence-corrected chi connectivity index (χ1v) is 9.31. The van der Waals surface area contributed by atoms with Gasteiger partial charge in [-0.3, -0.25) is 9.59 Å². The topological polar surface area (TPSA) is 58.2 Å². The fourth-order valence-corrected chi connectivity index (χ4v) is 2.91. The average molecular weight is 325 g/mol. The minimum absolute atomic E-state index is 0.172. The van der Waals surface area contributed by atoms with Crippen molar-refractivity contribution in [3.05, 3.63) is 0 Å². The Balaban J connectivity index is 2.09. The second-order valence-electron chi connectivity index (χ2n) is 8.24. The Hall–Kier alpha value is -1.06. The molecule has 0 bridgehead atoms. The second-order valence-corrected chi connectivity index (χ2v) is 8.24. The van der Waals surface area contributed by atoms with E-state index >= 15 is 0 Å².